The van der Waals surface area contributed by atoms with E-state index in [0.29, 0.717) is 0 Å². The highest BCUT2D eigenvalue weighted by molar-refractivity contribution is 5.16. The van der Waals surface area contributed by atoms with Crippen LogP contribution in [0.25, 0.3) is 0 Å². The Kier molecular flexibility index (Phi) is 7.77. The lowest BCUT2D eigenvalue weighted by Gasteiger charge is -2.37. The van der Waals surface area contributed by atoms with Crippen molar-refractivity contribution in [2.24, 2.45) is 23.7 Å². The summed E-state index contributed by atoms with van der Waals surface area (Å²) in [5, 5.41) is 0. The van der Waals surface area contributed by atoms with Gasteiger partial charge in [-0.25, -0.2) is 4.39 Å². The average Bonchev–Trinajstić information content (AvgIpc) is 2.68. The Labute approximate surface area is 160 Å². The molecule has 1 aromatic rings. The van der Waals surface area contributed by atoms with E-state index < -0.39 is 0 Å². The summed E-state index contributed by atoms with van der Waals surface area (Å²) in [6.07, 6.45) is 21.5. The summed E-state index contributed by atoms with van der Waals surface area (Å²) in [5.74, 6) is 3.75. The van der Waals surface area contributed by atoms with Crippen LogP contribution in [0.2, 0.25) is 0 Å². The molecule has 26 heavy (non-hydrogen) atoms. The van der Waals surface area contributed by atoms with Gasteiger partial charge in [0.1, 0.15) is 5.82 Å². The third-order valence-corrected chi connectivity index (χ3v) is 6.99. The maximum Gasteiger partial charge on any atom is 0.123 e. The zero-order chi connectivity index (χ0) is 18.2. The summed E-state index contributed by atoms with van der Waals surface area (Å²) in [5.41, 5.74) is 1.23. The molecule has 2 fully saturated rings. The fraction of sp³-hybridized carbons (Fsp3) is 0.680. The highest BCUT2D eigenvalue weighted by Crippen LogP contribution is 2.42. The molecule has 0 atom stereocenters. The highest BCUT2D eigenvalue weighted by Gasteiger charge is 2.29. The number of hydrogen-bond acceptors (Lipinski definition) is 0. The van der Waals surface area contributed by atoms with Crippen LogP contribution in [-0.4, -0.2) is 0 Å². The number of allylic oxidation sites excluding steroid dienone is 2. The first-order valence-electron chi connectivity index (χ1n) is 11.2. The molecule has 2 aliphatic carbocycles. The van der Waals surface area contributed by atoms with Gasteiger partial charge in [-0.3, -0.25) is 0 Å². The Hall–Kier alpha value is -1.11. The lowest BCUT2D eigenvalue weighted by molar-refractivity contribution is 0.152. The van der Waals surface area contributed by atoms with E-state index >= 15 is 0 Å². The van der Waals surface area contributed by atoms with E-state index in [1.54, 1.807) is 12.1 Å². The summed E-state index contributed by atoms with van der Waals surface area (Å²) >= 11 is 0. The van der Waals surface area contributed by atoms with E-state index in [4.69, 9.17) is 0 Å². The summed E-state index contributed by atoms with van der Waals surface area (Å²) in [6, 6.07) is 6.94. The fourth-order valence-electron chi connectivity index (χ4n) is 5.36. The quantitative estimate of drug-likeness (QED) is 0.438. The summed E-state index contributed by atoms with van der Waals surface area (Å²) in [7, 11) is 0. The Morgan fingerprint density at radius 2 is 1.50 bits per heavy atom. The van der Waals surface area contributed by atoms with Gasteiger partial charge in [0.2, 0.25) is 0 Å². The van der Waals surface area contributed by atoms with Gasteiger partial charge in [0.15, 0.2) is 0 Å². The fourth-order valence-corrected chi connectivity index (χ4v) is 5.36. The van der Waals surface area contributed by atoms with Gasteiger partial charge in [-0.15, -0.1) is 0 Å². The van der Waals surface area contributed by atoms with Crippen molar-refractivity contribution >= 4 is 0 Å². The number of aryl methyl sites for hydroxylation is 1. The molecule has 0 spiro atoms. The zero-order valence-corrected chi connectivity index (χ0v) is 16.6. The molecular weight excluding hydrogens is 319 g/mol. The molecule has 0 unspecified atom stereocenters. The molecule has 3 rings (SSSR count). The van der Waals surface area contributed by atoms with Crippen LogP contribution in [-0.2, 0) is 6.42 Å². The van der Waals surface area contributed by atoms with E-state index in [0.717, 1.165) is 36.5 Å². The third-order valence-electron chi connectivity index (χ3n) is 6.99. The van der Waals surface area contributed by atoms with Crippen molar-refractivity contribution < 1.29 is 4.39 Å². The number of benzene rings is 1. The molecule has 1 aromatic carbocycles. The van der Waals surface area contributed by atoms with Crippen LogP contribution in [0, 0.1) is 29.5 Å². The smallest absolute Gasteiger partial charge is 0.123 e. The zero-order valence-electron chi connectivity index (χ0n) is 16.6. The molecule has 0 saturated heterocycles. The van der Waals surface area contributed by atoms with Crippen molar-refractivity contribution in [3.05, 3.63) is 47.8 Å². The maximum atomic E-state index is 12.9. The lowest BCUT2D eigenvalue weighted by Crippen LogP contribution is -2.25. The minimum absolute atomic E-state index is 0.139. The molecular formula is C25H37F. The molecule has 0 radical (unpaired) electrons. The normalized spacial score (nSPS) is 29.9. The predicted molar refractivity (Wildman–Crippen MR) is 110 cm³/mol. The van der Waals surface area contributed by atoms with Crippen LogP contribution < -0.4 is 0 Å². The van der Waals surface area contributed by atoms with Gasteiger partial charge in [-0.1, -0.05) is 56.9 Å². The van der Waals surface area contributed by atoms with E-state index in [-0.39, 0.29) is 5.82 Å². The monoisotopic (exact) mass is 356 g/mol. The summed E-state index contributed by atoms with van der Waals surface area (Å²) < 4.78 is 12.9. The second-order valence-corrected chi connectivity index (χ2v) is 8.84. The molecule has 2 saturated carbocycles. The van der Waals surface area contributed by atoms with E-state index in [2.05, 4.69) is 19.1 Å². The molecule has 144 valence electrons. The van der Waals surface area contributed by atoms with Crippen LogP contribution in [0.1, 0.15) is 83.1 Å². The van der Waals surface area contributed by atoms with Crippen molar-refractivity contribution in [2.75, 3.05) is 0 Å². The average molecular weight is 357 g/mol. The lowest BCUT2D eigenvalue weighted by atomic mass is 9.68. The van der Waals surface area contributed by atoms with Crippen LogP contribution in [0.4, 0.5) is 4.39 Å². The van der Waals surface area contributed by atoms with Gasteiger partial charge < -0.3 is 0 Å². The topological polar surface area (TPSA) is 0 Å². The van der Waals surface area contributed by atoms with Crippen LogP contribution in [0.15, 0.2) is 36.4 Å². The third kappa shape index (κ3) is 5.96. The molecule has 1 heteroatoms. The standard InChI is InChI=1S/C25H37F/c1-2-5-20-8-14-23(15-9-20)24-16-10-21(11-17-24)6-3-4-7-22-12-18-25(26)19-13-22/h3,6,12-13,18-21,23-24H,2,4-5,7-11,14-17H2,1H3. The molecule has 2 aliphatic rings. The van der Waals surface area contributed by atoms with Gasteiger partial charge in [-0.05, 0) is 92.7 Å². The van der Waals surface area contributed by atoms with Crippen molar-refractivity contribution in [1.82, 2.24) is 0 Å². The Morgan fingerprint density at radius 1 is 0.885 bits per heavy atom. The molecule has 0 amide bonds. The van der Waals surface area contributed by atoms with Crippen LogP contribution in [0.5, 0.6) is 0 Å². The predicted octanol–water partition coefficient (Wildman–Crippen LogP) is 7.73. The molecule has 0 bridgehead atoms. The van der Waals surface area contributed by atoms with Gasteiger partial charge in [0, 0.05) is 0 Å². The Bertz CT molecular complexity index is 528. The van der Waals surface area contributed by atoms with E-state index in [1.807, 2.05) is 12.1 Å². The first-order chi connectivity index (χ1) is 12.7. The Morgan fingerprint density at radius 3 is 2.12 bits per heavy atom. The van der Waals surface area contributed by atoms with Crippen molar-refractivity contribution in [3.8, 4) is 0 Å². The number of halogens is 1. The van der Waals surface area contributed by atoms with Crippen molar-refractivity contribution in [1.29, 1.82) is 0 Å². The molecule has 0 aliphatic heterocycles. The van der Waals surface area contributed by atoms with E-state index in [1.165, 1.54) is 69.8 Å². The minimum Gasteiger partial charge on any atom is -0.207 e. The van der Waals surface area contributed by atoms with Crippen LogP contribution >= 0.6 is 0 Å². The van der Waals surface area contributed by atoms with Crippen LogP contribution in [0.3, 0.4) is 0 Å². The molecule has 0 heterocycles. The molecule has 0 aromatic heterocycles. The van der Waals surface area contributed by atoms with E-state index in [9.17, 15) is 4.39 Å². The largest absolute Gasteiger partial charge is 0.207 e. The molecule has 0 N–H and O–H groups in total. The second-order valence-electron chi connectivity index (χ2n) is 8.84. The van der Waals surface area contributed by atoms with Gasteiger partial charge >= 0.3 is 0 Å². The minimum atomic E-state index is -0.139. The first-order valence-corrected chi connectivity index (χ1v) is 11.2. The number of hydrogen-bond donors (Lipinski definition) is 0. The Balaban J connectivity index is 1.33. The maximum absolute atomic E-state index is 12.9. The second kappa shape index (κ2) is 10.3. The molecule has 0 nitrogen and oxygen atoms in total. The van der Waals surface area contributed by atoms with Gasteiger partial charge in [0.25, 0.3) is 0 Å². The van der Waals surface area contributed by atoms with Gasteiger partial charge in [-0.2, -0.15) is 0 Å². The van der Waals surface area contributed by atoms with Crippen molar-refractivity contribution in [3.63, 3.8) is 0 Å². The SMILES string of the molecule is CCCC1CCC(C2CCC(C=CCCc3ccc(F)cc3)CC2)CC1. The summed E-state index contributed by atoms with van der Waals surface area (Å²) in [4.78, 5) is 0. The first kappa shape index (κ1) is 19.6. The number of rotatable bonds is 7. The van der Waals surface area contributed by atoms with Gasteiger partial charge in [0.05, 0.1) is 0 Å². The summed E-state index contributed by atoms with van der Waals surface area (Å²) in [6.45, 7) is 2.33. The highest BCUT2D eigenvalue weighted by atomic mass is 19.1. The van der Waals surface area contributed by atoms with Crippen molar-refractivity contribution in [2.45, 2.75) is 84.0 Å².